The molecule has 1 aliphatic carbocycles. The molecule has 1 aromatic carbocycles. The Kier molecular flexibility index (Phi) is 5.71. The second-order valence-electron chi connectivity index (χ2n) is 7.23. The zero-order valence-electron chi connectivity index (χ0n) is 15.2. The van der Waals surface area contributed by atoms with Crippen molar-refractivity contribution in [1.82, 2.24) is 10.1 Å². The van der Waals surface area contributed by atoms with Crippen LogP contribution in [0.5, 0.6) is 0 Å². The summed E-state index contributed by atoms with van der Waals surface area (Å²) in [7, 11) is 0. The van der Waals surface area contributed by atoms with Gasteiger partial charge in [0, 0.05) is 18.5 Å². The molecule has 1 aromatic heterocycles. The molecule has 1 N–H and O–H groups in total. The zero-order valence-corrected chi connectivity index (χ0v) is 15.2. The average Bonchev–Trinajstić information content (AvgIpc) is 3.28. The second-order valence-corrected chi connectivity index (χ2v) is 7.23. The van der Waals surface area contributed by atoms with Crippen LogP contribution in [0.3, 0.4) is 0 Å². The van der Waals surface area contributed by atoms with E-state index in [0.29, 0.717) is 18.3 Å². The van der Waals surface area contributed by atoms with Crippen molar-refractivity contribution in [2.75, 3.05) is 18.4 Å². The van der Waals surface area contributed by atoms with Gasteiger partial charge in [-0.3, -0.25) is 9.59 Å². The number of rotatable bonds is 8. The van der Waals surface area contributed by atoms with Crippen LogP contribution in [0.15, 0.2) is 47.2 Å². The van der Waals surface area contributed by atoms with Crippen LogP contribution < -0.4 is 5.32 Å². The first-order chi connectivity index (χ1) is 12.5. The molecule has 1 fully saturated rings. The summed E-state index contributed by atoms with van der Waals surface area (Å²) in [5.74, 6) is 0.879. The Hall–Kier alpha value is -2.63. The van der Waals surface area contributed by atoms with Crippen molar-refractivity contribution in [3.8, 4) is 0 Å². The summed E-state index contributed by atoms with van der Waals surface area (Å²) in [4.78, 5) is 26.9. The number of carbonyl (C=O) groups is 2. The molecule has 1 heterocycles. The number of hydrogen-bond acceptors (Lipinski definition) is 4. The molecule has 2 unspecified atom stereocenters. The van der Waals surface area contributed by atoms with Gasteiger partial charge in [0.2, 0.25) is 11.8 Å². The minimum absolute atomic E-state index is 0.0237. The fourth-order valence-corrected chi connectivity index (χ4v) is 3.08. The van der Waals surface area contributed by atoms with Crippen molar-refractivity contribution in [2.45, 2.75) is 32.6 Å². The van der Waals surface area contributed by atoms with Crippen molar-refractivity contribution in [2.24, 2.45) is 11.8 Å². The zero-order chi connectivity index (χ0) is 18.5. The minimum Gasteiger partial charge on any atom is -0.363 e. The van der Waals surface area contributed by atoms with Gasteiger partial charge in [0.1, 0.15) is 6.26 Å². The third kappa shape index (κ3) is 4.71. The Morgan fingerprint density at radius 3 is 2.69 bits per heavy atom. The molecule has 2 atom stereocenters. The molecule has 138 valence electrons. The summed E-state index contributed by atoms with van der Waals surface area (Å²) in [5.41, 5.74) is 1.20. The Bertz CT molecular complexity index is 728. The van der Waals surface area contributed by atoms with E-state index in [0.717, 1.165) is 12.8 Å². The van der Waals surface area contributed by atoms with Crippen LogP contribution in [-0.2, 0) is 9.59 Å². The van der Waals surface area contributed by atoms with E-state index in [9.17, 15) is 9.59 Å². The van der Waals surface area contributed by atoms with Gasteiger partial charge in [0.15, 0.2) is 5.82 Å². The topological polar surface area (TPSA) is 75.4 Å². The molecular formula is C20H25N3O3. The van der Waals surface area contributed by atoms with Crippen LogP contribution in [-0.4, -0.2) is 35.0 Å². The molecule has 2 amide bonds. The molecule has 3 rings (SSSR count). The van der Waals surface area contributed by atoms with Crippen LogP contribution in [0.2, 0.25) is 0 Å². The lowest BCUT2D eigenvalue weighted by Crippen LogP contribution is -2.40. The number of hydrogen-bond donors (Lipinski definition) is 1. The van der Waals surface area contributed by atoms with Crippen LogP contribution in [0, 0.1) is 11.8 Å². The van der Waals surface area contributed by atoms with Crippen LogP contribution in [0.1, 0.15) is 38.2 Å². The Labute approximate surface area is 153 Å². The van der Waals surface area contributed by atoms with E-state index < -0.39 is 0 Å². The predicted molar refractivity (Wildman–Crippen MR) is 98.5 cm³/mol. The molecule has 2 aromatic rings. The van der Waals surface area contributed by atoms with Crippen molar-refractivity contribution >= 4 is 17.6 Å². The highest BCUT2D eigenvalue weighted by Crippen LogP contribution is 2.48. The lowest BCUT2D eigenvalue weighted by atomic mass is 10.1. The first-order valence-electron chi connectivity index (χ1n) is 9.08. The molecule has 0 aliphatic heterocycles. The molecule has 6 heteroatoms. The molecule has 0 bridgehead atoms. The molecule has 0 radical (unpaired) electrons. The van der Waals surface area contributed by atoms with Gasteiger partial charge >= 0.3 is 0 Å². The van der Waals surface area contributed by atoms with Gasteiger partial charge in [-0.2, -0.15) is 0 Å². The van der Waals surface area contributed by atoms with Gasteiger partial charge < -0.3 is 14.7 Å². The van der Waals surface area contributed by atoms with Crippen LogP contribution in [0.4, 0.5) is 5.82 Å². The number of benzene rings is 1. The van der Waals surface area contributed by atoms with Crippen molar-refractivity contribution in [3.63, 3.8) is 0 Å². The molecular weight excluding hydrogens is 330 g/mol. The largest absolute Gasteiger partial charge is 0.363 e. The van der Waals surface area contributed by atoms with E-state index in [-0.39, 0.29) is 30.2 Å². The number of nitrogens with zero attached hydrogens (tertiary/aromatic N) is 2. The van der Waals surface area contributed by atoms with Gasteiger partial charge in [-0.15, -0.1) is 0 Å². The van der Waals surface area contributed by atoms with E-state index in [2.05, 4.69) is 36.5 Å². The SMILES string of the molecule is CC(C)CCN(CC(=O)Nc1ccon1)C(=O)C1CC1c1ccccc1. The van der Waals surface area contributed by atoms with Gasteiger partial charge in [-0.25, -0.2) is 0 Å². The molecule has 0 saturated heterocycles. The van der Waals surface area contributed by atoms with E-state index in [1.165, 1.54) is 11.8 Å². The van der Waals surface area contributed by atoms with E-state index in [1.807, 2.05) is 18.2 Å². The van der Waals surface area contributed by atoms with E-state index in [1.54, 1.807) is 11.0 Å². The maximum Gasteiger partial charge on any atom is 0.245 e. The summed E-state index contributed by atoms with van der Waals surface area (Å²) in [6.45, 7) is 4.85. The fourth-order valence-electron chi connectivity index (χ4n) is 3.08. The maximum absolute atomic E-state index is 13.0. The minimum atomic E-state index is -0.257. The lowest BCUT2D eigenvalue weighted by Gasteiger charge is -2.23. The molecule has 6 nitrogen and oxygen atoms in total. The first kappa shape index (κ1) is 18.2. The smallest absolute Gasteiger partial charge is 0.245 e. The van der Waals surface area contributed by atoms with Crippen LogP contribution >= 0.6 is 0 Å². The number of amides is 2. The molecule has 1 saturated carbocycles. The second kappa shape index (κ2) is 8.17. The Morgan fingerprint density at radius 2 is 2.04 bits per heavy atom. The third-order valence-electron chi connectivity index (χ3n) is 4.66. The molecule has 0 spiro atoms. The maximum atomic E-state index is 13.0. The van der Waals surface area contributed by atoms with E-state index >= 15 is 0 Å². The average molecular weight is 355 g/mol. The fraction of sp³-hybridized carbons (Fsp3) is 0.450. The van der Waals surface area contributed by atoms with Gasteiger partial charge in [0.05, 0.1) is 6.54 Å². The number of carbonyl (C=O) groups excluding carboxylic acids is 2. The Morgan fingerprint density at radius 1 is 1.27 bits per heavy atom. The molecule has 26 heavy (non-hydrogen) atoms. The highest BCUT2D eigenvalue weighted by atomic mass is 16.5. The van der Waals surface area contributed by atoms with Crippen molar-refractivity contribution in [1.29, 1.82) is 0 Å². The number of aromatic nitrogens is 1. The van der Waals surface area contributed by atoms with Gasteiger partial charge in [0.25, 0.3) is 0 Å². The van der Waals surface area contributed by atoms with Crippen molar-refractivity contribution in [3.05, 3.63) is 48.2 Å². The summed E-state index contributed by atoms with van der Waals surface area (Å²) < 4.78 is 4.71. The number of anilines is 1. The third-order valence-corrected chi connectivity index (χ3v) is 4.66. The highest BCUT2D eigenvalue weighted by Gasteiger charge is 2.45. The normalized spacial score (nSPS) is 18.6. The van der Waals surface area contributed by atoms with Gasteiger partial charge in [-0.1, -0.05) is 49.3 Å². The van der Waals surface area contributed by atoms with E-state index in [4.69, 9.17) is 4.52 Å². The lowest BCUT2D eigenvalue weighted by molar-refractivity contribution is -0.136. The van der Waals surface area contributed by atoms with Gasteiger partial charge in [-0.05, 0) is 30.2 Å². The molecule has 1 aliphatic rings. The standard InChI is InChI=1S/C20H25N3O3/c1-14(2)8-10-23(13-19(24)21-18-9-11-26-22-18)20(25)17-12-16(17)15-6-4-3-5-7-15/h3-7,9,11,14,16-17H,8,10,12-13H2,1-2H3,(H,21,22,24). The quantitative estimate of drug-likeness (QED) is 0.788. The summed E-state index contributed by atoms with van der Waals surface area (Å²) in [6, 6.07) is 11.7. The monoisotopic (exact) mass is 355 g/mol. The Balaban J connectivity index is 1.61. The summed E-state index contributed by atoms with van der Waals surface area (Å²) >= 11 is 0. The predicted octanol–water partition coefficient (Wildman–Crippen LogP) is 3.29. The summed E-state index contributed by atoms with van der Waals surface area (Å²) in [5, 5.41) is 6.33. The highest BCUT2D eigenvalue weighted by molar-refractivity contribution is 5.94. The number of nitrogens with one attached hydrogen (secondary N) is 1. The van der Waals surface area contributed by atoms with Crippen LogP contribution in [0.25, 0.3) is 0 Å². The first-order valence-corrected chi connectivity index (χ1v) is 9.08. The summed E-state index contributed by atoms with van der Waals surface area (Å²) in [6.07, 6.45) is 3.11. The van der Waals surface area contributed by atoms with Crippen molar-refractivity contribution < 1.29 is 14.1 Å².